The monoisotopic (exact) mass is 437 g/mol. The molecule has 0 saturated carbocycles. The molecule has 2 aromatic heterocycles. The molecular formula is C22H17F2N5OS. The lowest BCUT2D eigenvalue weighted by atomic mass is 10.2. The second-order valence-electron chi connectivity index (χ2n) is 6.66. The van der Waals surface area contributed by atoms with Crippen molar-refractivity contribution in [3.63, 3.8) is 0 Å². The molecule has 2 aromatic carbocycles. The van der Waals surface area contributed by atoms with Gasteiger partial charge in [0.25, 0.3) is 0 Å². The number of aromatic nitrogens is 4. The van der Waals surface area contributed by atoms with Gasteiger partial charge in [0.2, 0.25) is 5.91 Å². The fourth-order valence-electron chi connectivity index (χ4n) is 3.04. The highest BCUT2D eigenvalue weighted by atomic mass is 32.2. The van der Waals surface area contributed by atoms with E-state index in [4.69, 9.17) is 0 Å². The number of rotatable bonds is 6. The van der Waals surface area contributed by atoms with Crippen LogP contribution in [0.2, 0.25) is 0 Å². The number of hydrogen-bond donors (Lipinski definition) is 1. The molecule has 0 aliphatic rings. The zero-order valence-electron chi connectivity index (χ0n) is 16.4. The van der Waals surface area contributed by atoms with E-state index in [1.165, 1.54) is 11.8 Å². The third-order valence-corrected chi connectivity index (χ3v) is 5.34. The van der Waals surface area contributed by atoms with Crippen LogP contribution in [0.1, 0.15) is 5.56 Å². The van der Waals surface area contributed by atoms with E-state index in [1.807, 2.05) is 47.9 Å². The fourth-order valence-corrected chi connectivity index (χ4v) is 3.78. The van der Waals surface area contributed by atoms with Crippen molar-refractivity contribution in [2.45, 2.75) is 12.1 Å². The van der Waals surface area contributed by atoms with Gasteiger partial charge in [0.05, 0.1) is 11.4 Å². The minimum Gasteiger partial charge on any atom is -0.325 e. The summed E-state index contributed by atoms with van der Waals surface area (Å²) in [5.74, 6) is -1.33. The van der Waals surface area contributed by atoms with Crippen LogP contribution in [0, 0.1) is 18.6 Å². The Morgan fingerprint density at radius 2 is 1.74 bits per heavy atom. The first-order chi connectivity index (χ1) is 15.0. The van der Waals surface area contributed by atoms with E-state index in [1.54, 1.807) is 12.4 Å². The van der Waals surface area contributed by atoms with Crippen LogP contribution >= 0.6 is 11.8 Å². The van der Waals surface area contributed by atoms with E-state index in [-0.39, 0.29) is 11.4 Å². The Kier molecular flexibility index (Phi) is 6.03. The maximum absolute atomic E-state index is 13.3. The standard InChI is InChI=1S/C22H17F2N5OS/c1-14-4-2-3-5-19(14)29-21(15-6-8-25-9-7-15)27-28-22(29)31-13-20(30)26-18-11-16(23)10-17(24)12-18/h2-12H,13H2,1H3,(H,26,30). The van der Waals surface area contributed by atoms with Crippen LogP contribution < -0.4 is 5.32 Å². The van der Waals surface area contributed by atoms with Gasteiger partial charge in [0.1, 0.15) is 11.6 Å². The van der Waals surface area contributed by atoms with Crippen LogP contribution in [0.4, 0.5) is 14.5 Å². The number of thioether (sulfide) groups is 1. The van der Waals surface area contributed by atoms with Crippen molar-refractivity contribution in [1.82, 2.24) is 19.7 Å². The van der Waals surface area contributed by atoms with Gasteiger partial charge in [-0.3, -0.25) is 14.3 Å². The van der Waals surface area contributed by atoms with Crippen molar-refractivity contribution >= 4 is 23.4 Å². The summed E-state index contributed by atoms with van der Waals surface area (Å²) in [4.78, 5) is 16.4. The normalized spacial score (nSPS) is 10.8. The van der Waals surface area contributed by atoms with Gasteiger partial charge in [-0.05, 0) is 42.8 Å². The van der Waals surface area contributed by atoms with Crippen molar-refractivity contribution < 1.29 is 13.6 Å². The second kappa shape index (κ2) is 9.05. The molecule has 0 bridgehead atoms. The maximum Gasteiger partial charge on any atom is 0.234 e. The lowest BCUT2D eigenvalue weighted by molar-refractivity contribution is -0.113. The maximum atomic E-state index is 13.3. The molecule has 2 heterocycles. The number of carbonyl (C=O) groups excluding carboxylic acids is 1. The third kappa shape index (κ3) is 4.77. The first kappa shape index (κ1) is 20.7. The van der Waals surface area contributed by atoms with Gasteiger partial charge in [-0.2, -0.15) is 0 Å². The summed E-state index contributed by atoms with van der Waals surface area (Å²) in [7, 11) is 0. The Labute approximate surface area is 181 Å². The van der Waals surface area contributed by atoms with Crippen LogP contribution in [0.15, 0.2) is 72.1 Å². The van der Waals surface area contributed by atoms with Crippen LogP contribution in [0.5, 0.6) is 0 Å². The first-order valence-electron chi connectivity index (χ1n) is 9.32. The minimum absolute atomic E-state index is 0.0154. The van der Waals surface area contributed by atoms with Crippen molar-refractivity contribution in [1.29, 1.82) is 0 Å². The molecule has 0 unspecified atom stereocenters. The SMILES string of the molecule is Cc1ccccc1-n1c(SCC(=O)Nc2cc(F)cc(F)c2)nnc1-c1ccncc1. The quantitative estimate of drug-likeness (QED) is 0.445. The van der Waals surface area contributed by atoms with E-state index in [0.29, 0.717) is 11.0 Å². The molecule has 0 saturated heterocycles. The summed E-state index contributed by atoms with van der Waals surface area (Å²) in [6.45, 7) is 1.98. The topological polar surface area (TPSA) is 72.7 Å². The molecule has 0 aliphatic carbocycles. The van der Waals surface area contributed by atoms with Gasteiger partial charge in [0, 0.05) is 29.7 Å². The van der Waals surface area contributed by atoms with E-state index in [2.05, 4.69) is 20.5 Å². The largest absolute Gasteiger partial charge is 0.325 e. The Bertz CT molecular complexity index is 1210. The summed E-state index contributed by atoms with van der Waals surface area (Å²) < 4.78 is 28.6. The lowest BCUT2D eigenvalue weighted by Gasteiger charge is -2.13. The molecule has 0 radical (unpaired) electrons. The van der Waals surface area contributed by atoms with Crippen LogP contribution in [-0.4, -0.2) is 31.4 Å². The number of anilines is 1. The summed E-state index contributed by atoms with van der Waals surface area (Å²) in [5, 5.41) is 11.6. The number of hydrogen-bond acceptors (Lipinski definition) is 5. The number of benzene rings is 2. The molecule has 0 spiro atoms. The average molecular weight is 437 g/mol. The summed E-state index contributed by atoms with van der Waals surface area (Å²) in [6, 6.07) is 14.3. The van der Waals surface area contributed by atoms with E-state index < -0.39 is 17.5 Å². The molecule has 0 atom stereocenters. The zero-order valence-corrected chi connectivity index (χ0v) is 17.2. The molecule has 1 amide bonds. The molecule has 6 nitrogen and oxygen atoms in total. The lowest BCUT2D eigenvalue weighted by Crippen LogP contribution is -2.15. The summed E-state index contributed by atoms with van der Waals surface area (Å²) in [5.41, 5.74) is 2.78. The predicted molar refractivity (Wildman–Crippen MR) is 115 cm³/mol. The zero-order chi connectivity index (χ0) is 21.8. The Hall–Kier alpha value is -3.59. The highest BCUT2D eigenvalue weighted by Gasteiger charge is 2.18. The highest BCUT2D eigenvalue weighted by Crippen LogP contribution is 2.29. The van der Waals surface area contributed by atoms with Crippen molar-refractivity contribution in [3.05, 3.63) is 84.2 Å². The van der Waals surface area contributed by atoms with Crippen LogP contribution in [0.25, 0.3) is 17.1 Å². The smallest absolute Gasteiger partial charge is 0.234 e. The highest BCUT2D eigenvalue weighted by molar-refractivity contribution is 7.99. The van der Waals surface area contributed by atoms with Crippen molar-refractivity contribution in [2.24, 2.45) is 0 Å². The number of pyridine rings is 1. The average Bonchev–Trinajstić information content (AvgIpc) is 3.16. The number of nitrogens with one attached hydrogen (secondary N) is 1. The van der Waals surface area contributed by atoms with Gasteiger partial charge < -0.3 is 5.32 Å². The Morgan fingerprint density at radius 3 is 2.45 bits per heavy atom. The molecule has 1 N–H and O–H groups in total. The number of halogens is 2. The van der Waals surface area contributed by atoms with E-state index >= 15 is 0 Å². The molecule has 9 heteroatoms. The molecule has 4 rings (SSSR count). The fraction of sp³-hybridized carbons (Fsp3) is 0.0909. The molecule has 31 heavy (non-hydrogen) atoms. The van der Waals surface area contributed by atoms with Gasteiger partial charge in [-0.15, -0.1) is 10.2 Å². The molecule has 4 aromatic rings. The summed E-state index contributed by atoms with van der Waals surface area (Å²) in [6.07, 6.45) is 3.34. The van der Waals surface area contributed by atoms with Crippen LogP contribution in [0.3, 0.4) is 0 Å². The first-order valence-corrected chi connectivity index (χ1v) is 10.3. The van der Waals surface area contributed by atoms with Crippen LogP contribution in [-0.2, 0) is 4.79 Å². The van der Waals surface area contributed by atoms with Crippen molar-refractivity contribution in [2.75, 3.05) is 11.1 Å². The van der Waals surface area contributed by atoms with Gasteiger partial charge >= 0.3 is 0 Å². The molecule has 0 aliphatic heterocycles. The Morgan fingerprint density at radius 1 is 1.03 bits per heavy atom. The minimum atomic E-state index is -0.760. The predicted octanol–water partition coefficient (Wildman–Crippen LogP) is 4.65. The van der Waals surface area contributed by atoms with Gasteiger partial charge in [-0.1, -0.05) is 30.0 Å². The van der Waals surface area contributed by atoms with Gasteiger partial charge in [-0.25, -0.2) is 8.78 Å². The second-order valence-corrected chi connectivity index (χ2v) is 7.60. The van der Waals surface area contributed by atoms with Crippen molar-refractivity contribution in [3.8, 4) is 17.1 Å². The van der Waals surface area contributed by atoms with E-state index in [9.17, 15) is 13.6 Å². The molecular weight excluding hydrogens is 420 g/mol. The van der Waals surface area contributed by atoms with E-state index in [0.717, 1.165) is 35.0 Å². The number of carbonyl (C=O) groups is 1. The Balaban J connectivity index is 1.60. The summed E-state index contributed by atoms with van der Waals surface area (Å²) >= 11 is 1.18. The number of para-hydroxylation sites is 1. The number of amides is 1. The number of nitrogens with zero attached hydrogens (tertiary/aromatic N) is 4. The number of aryl methyl sites for hydroxylation is 1. The van der Waals surface area contributed by atoms with Gasteiger partial charge in [0.15, 0.2) is 11.0 Å². The molecule has 156 valence electrons. The third-order valence-electron chi connectivity index (χ3n) is 4.41. The molecule has 0 fully saturated rings.